The van der Waals surface area contributed by atoms with Crippen LogP contribution in [-0.2, 0) is 19.6 Å². The van der Waals surface area contributed by atoms with Gasteiger partial charge in [-0.15, -0.1) is 0 Å². The van der Waals surface area contributed by atoms with E-state index in [9.17, 15) is 9.59 Å². The van der Waals surface area contributed by atoms with Gasteiger partial charge in [0.1, 0.15) is 23.0 Å². The number of hydrogen-bond donors (Lipinski definition) is 1. The summed E-state index contributed by atoms with van der Waals surface area (Å²) in [5.74, 6) is 1.39. The molecule has 0 fully saturated rings. The van der Waals surface area contributed by atoms with Crippen LogP contribution >= 0.6 is 0 Å². The molecule has 0 aliphatic carbocycles. The van der Waals surface area contributed by atoms with Crippen LogP contribution in [0.1, 0.15) is 44.0 Å². The standard InChI is InChI=1S/C18H16N4O4/c1-11-4-5-13(25-11)8-20-16(23)17-21-14-9-22(10-15(14)26-17)18(24)12-3-2-6-19-7-12/h2-7H,8-10H2,1H3,(H,20,23). The fourth-order valence-electron chi connectivity index (χ4n) is 2.78. The highest BCUT2D eigenvalue weighted by Gasteiger charge is 2.30. The van der Waals surface area contributed by atoms with Crippen LogP contribution in [0.15, 0.2) is 45.5 Å². The zero-order chi connectivity index (χ0) is 18.1. The Balaban J connectivity index is 1.39. The first kappa shape index (κ1) is 16.1. The van der Waals surface area contributed by atoms with Gasteiger partial charge in [-0.2, -0.15) is 0 Å². The van der Waals surface area contributed by atoms with E-state index in [1.54, 1.807) is 29.3 Å². The smallest absolute Gasteiger partial charge is 0.307 e. The van der Waals surface area contributed by atoms with Gasteiger partial charge in [0.05, 0.1) is 25.2 Å². The number of furan rings is 1. The van der Waals surface area contributed by atoms with Crippen molar-refractivity contribution in [2.45, 2.75) is 26.6 Å². The van der Waals surface area contributed by atoms with E-state index in [1.165, 1.54) is 6.20 Å². The average Bonchev–Trinajstić information content (AvgIpc) is 3.34. The Kier molecular flexibility index (Phi) is 4.00. The number of oxazole rings is 1. The first-order valence-electron chi connectivity index (χ1n) is 8.11. The van der Waals surface area contributed by atoms with Crippen LogP contribution in [0.25, 0.3) is 0 Å². The van der Waals surface area contributed by atoms with Crippen LogP contribution in [0.4, 0.5) is 0 Å². The van der Waals surface area contributed by atoms with Gasteiger partial charge in [-0.3, -0.25) is 14.6 Å². The first-order valence-corrected chi connectivity index (χ1v) is 8.11. The van der Waals surface area contributed by atoms with Gasteiger partial charge in [-0.1, -0.05) is 0 Å². The van der Waals surface area contributed by atoms with Crippen molar-refractivity contribution >= 4 is 11.8 Å². The molecule has 0 spiro atoms. The minimum Gasteiger partial charge on any atom is -0.465 e. The molecule has 0 radical (unpaired) electrons. The predicted octanol–water partition coefficient (Wildman–Crippen LogP) is 2.06. The van der Waals surface area contributed by atoms with E-state index in [4.69, 9.17) is 8.83 Å². The lowest BCUT2D eigenvalue weighted by Crippen LogP contribution is -2.26. The summed E-state index contributed by atoms with van der Waals surface area (Å²) in [6, 6.07) is 7.04. The Hall–Kier alpha value is -3.42. The molecule has 1 aliphatic heterocycles. The van der Waals surface area contributed by atoms with Crippen LogP contribution in [0.5, 0.6) is 0 Å². The molecule has 4 heterocycles. The fourth-order valence-corrected chi connectivity index (χ4v) is 2.78. The summed E-state index contributed by atoms with van der Waals surface area (Å²) in [4.78, 5) is 34.4. The van der Waals surface area contributed by atoms with Gasteiger partial charge in [0.2, 0.25) is 0 Å². The third-order valence-electron chi connectivity index (χ3n) is 4.06. The van der Waals surface area contributed by atoms with Crippen molar-refractivity contribution in [1.29, 1.82) is 0 Å². The molecule has 2 amide bonds. The second-order valence-electron chi connectivity index (χ2n) is 5.99. The van der Waals surface area contributed by atoms with Gasteiger partial charge >= 0.3 is 5.91 Å². The van der Waals surface area contributed by atoms with E-state index in [-0.39, 0.29) is 24.9 Å². The van der Waals surface area contributed by atoms with E-state index in [0.29, 0.717) is 29.3 Å². The van der Waals surface area contributed by atoms with E-state index < -0.39 is 5.91 Å². The maximum atomic E-state index is 12.4. The van der Waals surface area contributed by atoms with E-state index in [0.717, 1.165) is 5.76 Å². The van der Waals surface area contributed by atoms with Crippen molar-refractivity contribution in [3.8, 4) is 0 Å². The molecule has 0 bridgehead atoms. The van der Waals surface area contributed by atoms with Gasteiger partial charge in [-0.05, 0) is 31.2 Å². The maximum absolute atomic E-state index is 12.4. The number of pyridine rings is 1. The summed E-state index contributed by atoms with van der Waals surface area (Å²) in [5, 5.41) is 2.70. The topological polar surface area (TPSA) is 101 Å². The highest BCUT2D eigenvalue weighted by Crippen LogP contribution is 2.24. The Morgan fingerprint density at radius 3 is 2.81 bits per heavy atom. The number of nitrogens with zero attached hydrogens (tertiary/aromatic N) is 3. The van der Waals surface area contributed by atoms with Gasteiger partial charge in [0, 0.05) is 12.4 Å². The Labute approximate surface area is 148 Å². The van der Waals surface area contributed by atoms with E-state index >= 15 is 0 Å². The van der Waals surface area contributed by atoms with E-state index in [1.807, 2.05) is 13.0 Å². The molecule has 4 rings (SSSR count). The zero-order valence-corrected chi connectivity index (χ0v) is 14.1. The Morgan fingerprint density at radius 1 is 1.23 bits per heavy atom. The summed E-state index contributed by atoms with van der Waals surface area (Å²) in [6.45, 7) is 2.67. The second-order valence-corrected chi connectivity index (χ2v) is 5.99. The summed E-state index contributed by atoms with van der Waals surface area (Å²) in [7, 11) is 0. The lowest BCUT2D eigenvalue weighted by atomic mass is 10.2. The number of rotatable bonds is 4. The summed E-state index contributed by atoms with van der Waals surface area (Å²) in [6.07, 6.45) is 3.13. The largest absolute Gasteiger partial charge is 0.465 e. The van der Waals surface area contributed by atoms with Crippen LogP contribution in [-0.4, -0.2) is 26.7 Å². The predicted molar refractivity (Wildman–Crippen MR) is 88.9 cm³/mol. The van der Waals surface area contributed by atoms with Crippen LogP contribution in [0, 0.1) is 6.92 Å². The lowest BCUT2D eigenvalue weighted by molar-refractivity contribution is 0.0740. The van der Waals surface area contributed by atoms with Crippen molar-refractivity contribution in [2.24, 2.45) is 0 Å². The van der Waals surface area contributed by atoms with Crippen LogP contribution in [0.3, 0.4) is 0 Å². The molecule has 0 unspecified atom stereocenters. The second kappa shape index (κ2) is 6.47. The minimum absolute atomic E-state index is 0.00763. The Morgan fingerprint density at radius 2 is 2.12 bits per heavy atom. The summed E-state index contributed by atoms with van der Waals surface area (Å²) in [5.41, 5.74) is 1.10. The van der Waals surface area contributed by atoms with E-state index in [2.05, 4.69) is 15.3 Å². The van der Waals surface area contributed by atoms with Crippen molar-refractivity contribution < 1.29 is 18.4 Å². The molecular formula is C18H16N4O4. The van der Waals surface area contributed by atoms with Crippen molar-refractivity contribution in [1.82, 2.24) is 20.2 Å². The molecule has 0 saturated carbocycles. The average molecular weight is 352 g/mol. The fraction of sp³-hybridized carbons (Fsp3) is 0.222. The molecule has 8 heteroatoms. The first-order chi connectivity index (χ1) is 12.6. The van der Waals surface area contributed by atoms with Crippen molar-refractivity contribution in [3.05, 3.63) is 71.1 Å². The molecule has 1 N–H and O–H groups in total. The van der Waals surface area contributed by atoms with Gasteiger partial charge in [0.25, 0.3) is 11.8 Å². The third-order valence-corrected chi connectivity index (χ3v) is 4.06. The zero-order valence-electron chi connectivity index (χ0n) is 14.1. The number of aromatic nitrogens is 2. The SMILES string of the molecule is Cc1ccc(CNC(=O)c2nc3c(o2)CN(C(=O)c2cccnc2)C3)o1. The molecule has 132 valence electrons. The number of fused-ring (bicyclic) bond motifs is 1. The molecule has 0 atom stereocenters. The number of aryl methyl sites for hydroxylation is 1. The van der Waals surface area contributed by atoms with Crippen molar-refractivity contribution in [3.63, 3.8) is 0 Å². The summed E-state index contributed by atoms with van der Waals surface area (Å²) < 4.78 is 10.9. The summed E-state index contributed by atoms with van der Waals surface area (Å²) >= 11 is 0. The number of carbonyl (C=O) groups excluding carboxylic acids is 2. The molecule has 1 aliphatic rings. The van der Waals surface area contributed by atoms with Crippen LogP contribution in [0.2, 0.25) is 0 Å². The van der Waals surface area contributed by atoms with Gasteiger partial charge < -0.3 is 19.1 Å². The molecule has 0 saturated heterocycles. The van der Waals surface area contributed by atoms with Crippen molar-refractivity contribution in [2.75, 3.05) is 0 Å². The number of nitrogens with one attached hydrogen (secondary N) is 1. The molecule has 3 aromatic heterocycles. The maximum Gasteiger partial charge on any atom is 0.307 e. The van der Waals surface area contributed by atoms with Gasteiger partial charge in [0.15, 0.2) is 0 Å². The quantitative estimate of drug-likeness (QED) is 0.771. The molecule has 0 aromatic carbocycles. The highest BCUT2D eigenvalue weighted by molar-refractivity contribution is 5.94. The monoisotopic (exact) mass is 352 g/mol. The minimum atomic E-state index is -0.418. The molecule has 26 heavy (non-hydrogen) atoms. The molecule has 8 nitrogen and oxygen atoms in total. The number of amides is 2. The Bertz CT molecular complexity index is 937. The lowest BCUT2D eigenvalue weighted by Gasteiger charge is -2.14. The van der Waals surface area contributed by atoms with Gasteiger partial charge in [-0.25, -0.2) is 4.98 Å². The molecule has 3 aromatic rings. The molecular weight excluding hydrogens is 336 g/mol. The number of hydrogen-bond acceptors (Lipinski definition) is 6. The highest BCUT2D eigenvalue weighted by atomic mass is 16.4. The number of carbonyl (C=O) groups is 2. The normalized spacial score (nSPS) is 12.9. The van der Waals surface area contributed by atoms with Crippen LogP contribution < -0.4 is 5.32 Å². The third kappa shape index (κ3) is 3.08.